The van der Waals surface area contributed by atoms with Crippen molar-refractivity contribution < 1.29 is 14.2 Å². The molecule has 0 amide bonds. The van der Waals surface area contributed by atoms with Crippen LogP contribution in [0.15, 0.2) is 32.3 Å². The summed E-state index contributed by atoms with van der Waals surface area (Å²) in [6.07, 6.45) is 1.91. The fraction of sp³-hybridized carbons (Fsp3) is 0.357. The molecule has 140 valence electrons. The fourth-order valence-corrected chi connectivity index (χ4v) is 4.31. The number of amidine groups is 1. The van der Waals surface area contributed by atoms with Gasteiger partial charge >= 0.3 is 0 Å². The zero-order valence-electron chi connectivity index (χ0n) is 13.5. The lowest BCUT2D eigenvalue weighted by Gasteiger charge is -2.10. The van der Waals surface area contributed by atoms with Crippen molar-refractivity contribution in [2.45, 2.75) is 18.1 Å². The molecule has 1 aliphatic carbocycles. The zero-order valence-corrected chi connectivity index (χ0v) is 15.9. The highest BCUT2D eigenvalue weighted by atomic mass is 79.9. The molecule has 1 saturated carbocycles. The molecule has 0 saturated heterocycles. The van der Waals surface area contributed by atoms with Gasteiger partial charge in [-0.3, -0.25) is 20.2 Å². The van der Waals surface area contributed by atoms with E-state index >= 15 is 0 Å². The first kappa shape index (κ1) is 18.7. The summed E-state index contributed by atoms with van der Waals surface area (Å²) in [7, 11) is -2.11. The van der Waals surface area contributed by atoms with Crippen LogP contribution in [-0.4, -0.2) is 38.9 Å². The molecule has 9 nitrogen and oxygen atoms in total. The minimum absolute atomic E-state index is 0.0372. The van der Waals surface area contributed by atoms with E-state index in [1.807, 2.05) is 5.48 Å². The Morgan fingerprint density at radius 1 is 1.42 bits per heavy atom. The van der Waals surface area contributed by atoms with Crippen molar-refractivity contribution in [3.63, 3.8) is 0 Å². The molecule has 26 heavy (non-hydrogen) atoms. The number of hydrogen-bond acceptors (Lipinski definition) is 8. The molecule has 0 radical (unpaired) electrons. The molecule has 5 N–H and O–H groups in total. The maximum Gasteiger partial charge on any atom is 0.202 e. The quantitative estimate of drug-likeness (QED) is 0.251. The van der Waals surface area contributed by atoms with Gasteiger partial charge in [-0.25, -0.2) is 14.0 Å². The van der Waals surface area contributed by atoms with Gasteiger partial charge in [-0.2, -0.15) is 0 Å². The molecule has 1 aromatic carbocycles. The summed E-state index contributed by atoms with van der Waals surface area (Å²) in [6, 6.07) is 4.12. The minimum atomic E-state index is -2.11. The summed E-state index contributed by atoms with van der Waals surface area (Å²) in [5, 5.41) is 20.0. The van der Waals surface area contributed by atoms with E-state index in [0.717, 1.165) is 12.8 Å². The van der Waals surface area contributed by atoms with Crippen molar-refractivity contribution in [2.75, 3.05) is 17.6 Å². The minimum Gasteiger partial charge on any atom is -0.364 e. The van der Waals surface area contributed by atoms with Crippen LogP contribution in [0.4, 0.5) is 15.9 Å². The van der Waals surface area contributed by atoms with Crippen molar-refractivity contribution in [1.82, 2.24) is 15.8 Å². The summed E-state index contributed by atoms with van der Waals surface area (Å²) >= 11 is 3.07. The number of nitrogens with zero attached hydrogens (tertiary/aromatic N) is 3. The molecule has 3 rings (SSSR count). The van der Waals surface area contributed by atoms with Gasteiger partial charge in [0.15, 0.2) is 11.5 Å². The van der Waals surface area contributed by atoms with Crippen LogP contribution in [0.1, 0.15) is 18.5 Å². The Balaban J connectivity index is 1.74. The van der Waals surface area contributed by atoms with Gasteiger partial charge in [0.1, 0.15) is 5.82 Å². The third-order valence-corrected chi connectivity index (χ3v) is 6.84. The van der Waals surface area contributed by atoms with E-state index in [2.05, 4.69) is 36.6 Å². The Labute approximate surface area is 157 Å². The van der Waals surface area contributed by atoms with Gasteiger partial charge in [0.2, 0.25) is 5.82 Å². The summed E-state index contributed by atoms with van der Waals surface area (Å²) < 4.78 is 34.4. The Kier molecular flexibility index (Phi) is 5.53. The second-order valence-corrected chi connectivity index (χ2v) is 9.27. The van der Waals surface area contributed by atoms with Crippen LogP contribution >= 0.6 is 15.9 Å². The first-order chi connectivity index (χ1) is 12.4. The van der Waals surface area contributed by atoms with E-state index in [1.165, 1.54) is 18.2 Å². The monoisotopic (exact) mass is 445 g/mol. The van der Waals surface area contributed by atoms with Crippen LogP contribution in [0.5, 0.6) is 0 Å². The van der Waals surface area contributed by atoms with Gasteiger partial charge in [-0.1, -0.05) is 9.62 Å². The molecule has 2 aromatic rings. The summed E-state index contributed by atoms with van der Waals surface area (Å²) in [6.45, 7) is 0.362. The maximum atomic E-state index is 13.3. The molecule has 0 aliphatic heterocycles. The third-order valence-electron chi connectivity index (χ3n) is 3.77. The van der Waals surface area contributed by atoms with Crippen LogP contribution in [0.3, 0.4) is 0 Å². The number of benzene rings is 1. The van der Waals surface area contributed by atoms with Gasteiger partial charge in [0.25, 0.3) is 0 Å². The molecule has 0 unspecified atom stereocenters. The second-order valence-electron chi connectivity index (χ2n) is 5.76. The Bertz CT molecular complexity index is 927. The molecule has 0 bridgehead atoms. The van der Waals surface area contributed by atoms with Crippen LogP contribution < -0.4 is 10.8 Å². The Hall–Kier alpha value is -2.05. The number of aromatic nitrogens is 2. The number of aliphatic imine (C=N–C) groups is 1. The highest BCUT2D eigenvalue weighted by molar-refractivity contribution is 9.10. The van der Waals surface area contributed by atoms with E-state index in [4.69, 9.17) is 14.2 Å². The molecule has 0 atom stereocenters. The van der Waals surface area contributed by atoms with Crippen molar-refractivity contribution in [2.24, 2.45) is 4.99 Å². The molecule has 0 spiro atoms. The predicted molar refractivity (Wildman–Crippen MR) is 98.7 cm³/mol. The molecule has 1 aliphatic rings. The van der Waals surface area contributed by atoms with Crippen molar-refractivity contribution in [3.8, 4) is 0 Å². The van der Waals surface area contributed by atoms with Crippen molar-refractivity contribution >= 4 is 42.9 Å². The van der Waals surface area contributed by atoms with Crippen molar-refractivity contribution in [1.29, 1.82) is 9.56 Å². The van der Waals surface area contributed by atoms with Gasteiger partial charge < -0.3 is 5.32 Å². The van der Waals surface area contributed by atoms with E-state index < -0.39 is 15.4 Å². The molecular weight excluding hydrogens is 429 g/mol. The Morgan fingerprint density at radius 3 is 2.85 bits per heavy atom. The third kappa shape index (κ3) is 4.37. The summed E-state index contributed by atoms with van der Waals surface area (Å²) in [5.74, 6) is 0.163. The van der Waals surface area contributed by atoms with Crippen LogP contribution in [-0.2, 0) is 9.62 Å². The highest BCUT2D eigenvalue weighted by Gasteiger charge is 2.29. The number of hydroxylamine groups is 1. The number of rotatable bonds is 7. The second kappa shape index (κ2) is 7.68. The van der Waals surface area contributed by atoms with Crippen LogP contribution in [0, 0.1) is 15.4 Å². The maximum absolute atomic E-state index is 13.3. The average Bonchev–Trinajstić information content (AvgIpc) is 3.37. The van der Waals surface area contributed by atoms with Gasteiger partial charge in [0.05, 0.1) is 10.2 Å². The smallest absolute Gasteiger partial charge is 0.202 e. The average molecular weight is 446 g/mol. The van der Waals surface area contributed by atoms with E-state index in [0.29, 0.717) is 18.0 Å². The highest BCUT2D eigenvalue weighted by Crippen LogP contribution is 2.30. The van der Waals surface area contributed by atoms with Gasteiger partial charge in [-0.15, -0.1) is 0 Å². The fourth-order valence-electron chi connectivity index (χ4n) is 2.24. The lowest BCUT2D eigenvalue weighted by atomic mass is 10.3. The number of nitrogens with one attached hydrogen (secondary N) is 4. The van der Waals surface area contributed by atoms with Gasteiger partial charge in [-0.05, 0) is 57.3 Å². The van der Waals surface area contributed by atoms with E-state index in [9.17, 15) is 9.60 Å². The van der Waals surface area contributed by atoms with Crippen LogP contribution in [0.2, 0.25) is 0 Å². The molecule has 1 heterocycles. The van der Waals surface area contributed by atoms with E-state index in [-0.39, 0.29) is 27.1 Å². The number of anilines is 1. The first-order valence-electron chi connectivity index (χ1n) is 7.70. The normalized spacial score (nSPS) is 15.1. The number of halogens is 2. The number of hydrogen-bond donors (Lipinski definition) is 5. The lowest BCUT2D eigenvalue weighted by Crippen LogP contribution is -2.23. The zero-order chi connectivity index (χ0) is 18.7. The molecule has 12 heteroatoms. The topological polar surface area (TPSA) is 143 Å². The first-order valence-corrected chi connectivity index (χ1v) is 10.4. The predicted octanol–water partition coefficient (Wildman–Crippen LogP) is 3.28. The SMILES string of the molecule is N=S(=N)(CCNc1nonc1C(=Nc1ccc(F)c(Br)c1)NO)C1CC1. The summed E-state index contributed by atoms with van der Waals surface area (Å²) in [5.41, 5.74) is 2.44. The van der Waals surface area contributed by atoms with Crippen molar-refractivity contribution in [3.05, 3.63) is 34.2 Å². The Morgan fingerprint density at radius 2 is 2.19 bits per heavy atom. The standard InChI is InChI=1S/C14H17BrFN7O2S/c15-10-7-8(1-4-11(10)16)20-14(21-24)12-13(23-25-22-12)19-5-6-26(17,18)9-2-3-9/h1,4,7,9,17-18,24H,2-3,5-6H2,(H,19,23)(H,20,21). The van der Waals surface area contributed by atoms with Gasteiger partial charge in [0, 0.05) is 17.5 Å². The summed E-state index contributed by atoms with van der Waals surface area (Å²) in [4.78, 5) is 4.16. The largest absolute Gasteiger partial charge is 0.364 e. The lowest BCUT2D eigenvalue weighted by molar-refractivity contribution is 0.234. The molecular formula is C14H17BrFN7O2S. The van der Waals surface area contributed by atoms with E-state index in [1.54, 1.807) is 0 Å². The molecule has 1 fully saturated rings. The molecule has 1 aromatic heterocycles. The van der Waals surface area contributed by atoms with Crippen LogP contribution in [0.25, 0.3) is 0 Å².